The Bertz CT molecular complexity index is 817. The van der Waals surface area contributed by atoms with Gasteiger partial charge in [-0.25, -0.2) is 0 Å². The zero-order valence-corrected chi connectivity index (χ0v) is 15.4. The molecule has 0 aromatic heterocycles. The van der Waals surface area contributed by atoms with E-state index in [9.17, 15) is 5.11 Å². The molecule has 2 aromatic carbocycles. The minimum Gasteiger partial charge on any atom is -0.486 e. The summed E-state index contributed by atoms with van der Waals surface area (Å²) < 4.78 is 11.6. The van der Waals surface area contributed by atoms with Gasteiger partial charge in [-0.2, -0.15) is 0 Å². The minimum atomic E-state index is -0.397. The van der Waals surface area contributed by atoms with Crippen molar-refractivity contribution in [1.29, 1.82) is 0 Å². The van der Waals surface area contributed by atoms with E-state index in [-0.39, 0.29) is 6.04 Å². The number of ether oxygens (including phenoxy) is 2. The van der Waals surface area contributed by atoms with Crippen LogP contribution in [0.2, 0.25) is 0 Å². The van der Waals surface area contributed by atoms with Crippen molar-refractivity contribution in [2.45, 2.75) is 37.5 Å². The molecule has 0 radical (unpaired) electrons. The number of para-hydroxylation sites is 1. The van der Waals surface area contributed by atoms with Crippen LogP contribution < -0.4 is 19.7 Å². The molecule has 0 unspecified atom stereocenters. The molecule has 1 aliphatic carbocycles. The van der Waals surface area contributed by atoms with E-state index in [2.05, 4.69) is 28.4 Å². The smallest absolute Gasteiger partial charge is 0.184 e. The van der Waals surface area contributed by atoms with Gasteiger partial charge in [0.1, 0.15) is 13.2 Å². The topological polar surface area (TPSA) is 54.0 Å². The Morgan fingerprint density at radius 3 is 2.63 bits per heavy atom. The molecular formula is C22H26N2O3. The van der Waals surface area contributed by atoms with Gasteiger partial charge in [-0.15, -0.1) is 0 Å². The predicted octanol–water partition coefficient (Wildman–Crippen LogP) is 2.67. The first-order chi connectivity index (χ1) is 13.3. The molecule has 0 amide bonds. The van der Waals surface area contributed by atoms with Crippen molar-refractivity contribution < 1.29 is 14.6 Å². The molecule has 1 fully saturated rings. The van der Waals surface area contributed by atoms with Crippen LogP contribution in [0.1, 0.15) is 30.1 Å². The number of fused-ring (bicyclic) bond motifs is 2. The van der Waals surface area contributed by atoms with Crippen LogP contribution in [0.5, 0.6) is 11.5 Å². The minimum absolute atomic E-state index is 0.125. The van der Waals surface area contributed by atoms with Gasteiger partial charge in [0.15, 0.2) is 11.5 Å². The highest BCUT2D eigenvalue weighted by Gasteiger charge is 2.33. The van der Waals surface area contributed by atoms with Gasteiger partial charge >= 0.3 is 0 Å². The predicted molar refractivity (Wildman–Crippen MR) is 105 cm³/mol. The highest BCUT2D eigenvalue weighted by atomic mass is 16.6. The van der Waals surface area contributed by atoms with E-state index in [1.807, 2.05) is 24.3 Å². The molecule has 27 heavy (non-hydrogen) atoms. The number of nitrogens with zero attached hydrogens (tertiary/aromatic N) is 1. The van der Waals surface area contributed by atoms with Crippen LogP contribution in [0.15, 0.2) is 42.5 Å². The largest absolute Gasteiger partial charge is 0.486 e. The summed E-state index contributed by atoms with van der Waals surface area (Å²) in [5, 5.41) is 14.3. The van der Waals surface area contributed by atoms with E-state index in [0.29, 0.717) is 19.3 Å². The van der Waals surface area contributed by atoms with Crippen LogP contribution >= 0.6 is 0 Å². The summed E-state index contributed by atoms with van der Waals surface area (Å²) in [7, 11) is 0. The monoisotopic (exact) mass is 366 g/mol. The van der Waals surface area contributed by atoms with Crippen molar-refractivity contribution in [3.63, 3.8) is 0 Å². The fraction of sp³-hybridized carbons (Fsp3) is 0.455. The lowest BCUT2D eigenvalue weighted by Gasteiger charge is -2.37. The second-order valence-electron chi connectivity index (χ2n) is 7.68. The normalized spacial score (nSPS) is 24.7. The van der Waals surface area contributed by atoms with Gasteiger partial charge in [-0.3, -0.25) is 0 Å². The van der Waals surface area contributed by atoms with Gasteiger partial charge < -0.3 is 24.8 Å². The highest BCUT2D eigenvalue weighted by molar-refractivity contribution is 5.65. The molecule has 5 nitrogen and oxygen atoms in total. The molecular weight excluding hydrogens is 340 g/mol. The van der Waals surface area contributed by atoms with Crippen LogP contribution in [-0.2, 0) is 6.42 Å². The molecule has 2 aliphatic heterocycles. The third kappa shape index (κ3) is 3.15. The van der Waals surface area contributed by atoms with Gasteiger partial charge in [-0.05, 0) is 42.5 Å². The molecule has 5 heteroatoms. The van der Waals surface area contributed by atoms with E-state index in [1.54, 1.807) is 0 Å². The van der Waals surface area contributed by atoms with Crippen molar-refractivity contribution in [2.24, 2.45) is 0 Å². The number of aliphatic hydroxyl groups is 1. The van der Waals surface area contributed by atoms with Crippen LogP contribution in [-0.4, -0.2) is 43.5 Å². The van der Waals surface area contributed by atoms with E-state index in [1.165, 1.54) is 5.56 Å². The Labute approximate surface area is 159 Å². The van der Waals surface area contributed by atoms with E-state index in [0.717, 1.165) is 55.1 Å². The van der Waals surface area contributed by atoms with E-state index in [4.69, 9.17) is 9.47 Å². The summed E-state index contributed by atoms with van der Waals surface area (Å²) >= 11 is 0. The number of anilines is 1. The Morgan fingerprint density at radius 1 is 0.963 bits per heavy atom. The van der Waals surface area contributed by atoms with Crippen LogP contribution in [0.3, 0.4) is 0 Å². The molecule has 0 bridgehead atoms. The summed E-state index contributed by atoms with van der Waals surface area (Å²) in [4.78, 5) is 2.39. The lowest BCUT2D eigenvalue weighted by Crippen LogP contribution is -2.47. The first-order valence-electron chi connectivity index (χ1n) is 9.95. The zero-order valence-electron chi connectivity index (χ0n) is 15.4. The number of aliphatic hydroxyl groups excluding tert-OH is 1. The Kier molecular flexibility index (Phi) is 4.42. The van der Waals surface area contributed by atoms with Crippen molar-refractivity contribution in [3.8, 4) is 11.5 Å². The average molecular weight is 366 g/mol. The Balaban J connectivity index is 1.22. The molecule has 0 spiro atoms. The van der Waals surface area contributed by atoms with Gasteiger partial charge in [-0.1, -0.05) is 30.3 Å². The molecule has 5 rings (SSSR count). The Hall–Kier alpha value is -2.24. The standard InChI is InChI=1S/C22H26N2O3/c25-21-17-5-2-1-4-15(17)14-18(21)23-16-8-10-24(11-9-16)19-6-3-7-20-22(19)27-13-12-26-20/h1-7,16,18,21,23,25H,8-14H2/t18-,21-/m1/s1. The van der Waals surface area contributed by atoms with Crippen molar-refractivity contribution in [3.05, 3.63) is 53.6 Å². The average Bonchev–Trinajstić information content (AvgIpc) is 3.04. The number of piperidine rings is 1. The summed E-state index contributed by atoms with van der Waals surface area (Å²) in [5.41, 5.74) is 3.49. The second-order valence-corrected chi connectivity index (χ2v) is 7.68. The Morgan fingerprint density at radius 2 is 1.78 bits per heavy atom. The molecule has 2 atom stereocenters. The van der Waals surface area contributed by atoms with Crippen molar-refractivity contribution in [2.75, 3.05) is 31.2 Å². The quantitative estimate of drug-likeness (QED) is 0.875. The molecule has 142 valence electrons. The summed E-state index contributed by atoms with van der Waals surface area (Å²) in [6, 6.07) is 14.9. The van der Waals surface area contributed by atoms with Crippen LogP contribution in [0.4, 0.5) is 5.69 Å². The third-order valence-electron chi connectivity index (χ3n) is 6.03. The van der Waals surface area contributed by atoms with E-state index >= 15 is 0 Å². The van der Waals surface area contributed by atoms with Crippen LogP contribution in [0, 0.1) is 0 Å². The lowest BCUT2D eigenvalue weighted by molar-refractivity contribution is 0.132. The summed E-state index contributed by atoms with van der Waals surface area (Å²) in [5.74, 6) is 1.74. The summed E-state index contributed by atoms with van der Waals surface area (Å²) in [6.45, 7) is 3.19. The maximum absolute atomic E-state index is 10.6. The maximum atomic E-state index is 10.6. The number of nitrogens with one attached hydrogen (secondary N) is 1. The molecule has 2 N–H and O–H groups in total. The second kappa shape index (κ2) is 7.06. The number of hydrogen-bond acceptors (Lipinski definition) is 5. The van der Waals surface area contributed by atoms with Gasteiger partial charge in [0, 0.05) is 25.2 Å². The van der Waals surface area contributed by atoms with Gasteiger partial charge in [0.2, 0.25) is 0 Å². The van der Waals surface area contributed by atoms with E-state index < -0.39 is 6.10 Å². The number of hydrogen-bond donors (Lipinski definition) is 2. The molecule has 1 saturated heterocycles. The van der Waals surface area contributed by atoms with Crippen LogP contribution in [0.25, 0.3) is 0 Å². The molecule has 0 saturated carbocycles. The maximum Gasteiger partial charge on any atom is 0.184 e. The SMILES string of the molecule is O[C@@H]1c2ccccc2C[C@H]1NC1CCN(c2cccc3c2OCCO3)CC1. The molecule has 2 aromatic rings. The van der Waals surface area contributed by atoms with Gasteiger partial charge in [0.25, 0.3) is 0 Å². The lowest BCUT2D eigenvalue weighted by atomic mass is 10.0. The first kappa shape index (κ1) is 16.9. The van der Waals surface area contributed by atoms with Crippen molar-refractivity contribution >= 4 is 5.69 Å². The van der Waals surface area contributed by atoms with Gasteiger partial charge in [0.05, 0.1) is 11.8 Å². The fourth-order valence-electron chi connectivity index (χ4n) is 4.62. The molecule has 2 heterocycles. The van der Waals surface area contributed by atoms with Crippen molar-refractivity contribution in [1.82, 2.24) is 5.32 Å². The fourth-order valence-corrected chi connectivity index (χ4v) is 4.62. The highest BCUT2D eigenvalue weighted by Crippen LogP contribution is 2.40. The summed E-state index contributed by atoms with van der Waals surface area (Å²) in [6.07, 6.45) is 2.63. The molecule has 3 aliphatic rings. The third-order valence-corrected chi connectivity index (χ3v) is 6.03. The zero-order chi connectivity index (χ0) is 18.2. The first-order valence-corrected chi connectivity index (χ1v) is 9.95. The number of benzene rings is 2. The number of rotatable bonds is 3.